The molecule has 0 saturated heterocycles. The SMILES string of the molecule is COCc1cc(C)nc(SSc2nc(C)cc(COC)c2C#N)c1C#N. The van der Waals surface area contributed by atoms with Gasteiger partial charge in [0.25, 0.3) is 0 Å². The number of rotatable bonds is 7. The molecule has 0 aromatic carbocycles. The molecular weight excluding hydrogens is 368 g/mol. The number of pyridine rings is 2. The molecule has 0 fully saturated rings. The normalized spacial score (nSPS) is 10.4. The standard InChI is InChI=1S/C18H18N4O2S2/c1-11-5-13(9-23-3)15(7-19)17(21-11)25-26-18-16(8-20)14(10-24-4)6-12(2)22-18/h5-6H,9-10H2,1-4H3. The van der Waals surface area contributed by atoms with Crippen molar-refractivity contribution in [1.82, 2.24) is 9.97 Å². The second-order valence-electron chi connectivity index (χ2n) is 5.46. The molecule has 2 heterocycles. The van der Waals surface area contributed by atoms with Gasteiger partial charge in [0.1, 0.15) is 22.2 Å². The molecule has 0 aliphatic rings. The summed E-state index contributed by atoms with van der Waals surface area (Å²) in [6.45, 7) is 4.43. The maximum Gasteiger partial charge on any atom is 0.125 e. The van der Waals surface area contributed by atoms with Crippen LogP contribution in [0.1, 0.15) is 33.6 Å². The lowest BCUT2D eigenvalue weighted by atomic mass is 10.1. The molecule has 0 saturated carbocycles. The van der Waals surface area contributed by atoms with Crippen LogP contribution in [0.5, 0.6) is 0 Å². The van der Waals surface area contributed by atoms with Gasteiger partial charge in [-0.1, -0.05) is 0 Å². The molecule has 6 nitrogen and oxygen atoms in total. The Morgan fingerprint density at radius 3 is 1.54 bits per heavy atom. The van der Waals surface area contributed by atoms with Crippen molar-refractivity contribution in [2.24, 2.45) is 0 Å². The molecule has 2 aromatic rings. The van der Waals surface area contributed by atoms with E-state index >= 15 is 0 Å². The van der Waals surface area contributed by atoms with Crippen LogP contribution in [-0.4, -0.2) is 24.2 Å². The maximum absolute atomic E-state index is 9.52. The van der Waals surface area contributed by atoms with Crippen LogP contribution in [0, 0.1) is 36.5 Å². The summed E-state index contributed by atoms with van der Waals surface area (Å²) in [5.41, 5.74) is 4.16. The minimum Gasteiger partial charge on any atom is -0.380 e. The molecule has 0 atom stereocenters. The Balaban J connectivity index is 2.38. The largest absolute Gasteiger partial charge is 0.380 e. The Morgan fingerprint density at radius 2 is 1.23 bits per heavy atom. The van der Waals surface area contributed by atoms with E-state index < -0.39 is 0 Å². The van der Waals surface area contributed by atoms with Crippen molar-refractivity contribution in [3.63, 3.8) is 0 Å². The number of aromatic nitrogens is 2. The molecule has 0 amide bonds. The van der Waals surface area contributed by atoms with Crippen LogP contribution in [-0.2, 0) is 22.7 Å². The monoisotopic (exact) mass is 386 g/mol. The van der Waals surface area contributed by atoms with Crippen molar-refractivity contribution in [2.75, 3.05) is 14.2 Å². The Kier molecular flexibility index (Phi) is 7.43. The second-order valence-corrected chi connectivity index (χ2v) is 7.57. The summed E-state index contributed by atoms with van der Waals surface area (Å²) in [6, 6.07) is 8.10. The van der Waals surface area contributed by atoms with E-state index in [1.54, 1.807) is 14.2 Å². The van der Waals surface area contributed by atoms with E-state index in [-0.39, 0.29) is 0 Å². The molecule has 2 rings (SSSR count). The summed E-state index contributed by atoms with van der Waals surface area (Å²) in [5, 5.41) is 20.2. The zero-order valence-electron chi connectivity index (χ0n) is 15.0. The molecule has 0 N–H and O–H groups in total. The predicted molar refractivity (Wildman–Crippen MR) is 101 cm³/mol. The molecule has 0 aliphatic heterocycles. The van der Waals surface area contributed by atoms with Crippen molar-refractivity contribution >= 4 is 21.6 Å². The quantitative estimate of drug-likeness (QED) is 0.661. The van der Waals surface area contributed by atoms with E-state index in [9.17, 15) is 10.5 Å². The van der Waals surface area contributed by atoms with Gasteiger partial charge in [0.15, 0.2) is 0 Å². The minimum absolute atomic E-state index is 0.342. The Bertz CT molecular complexity index is 815. The molecule has 2 aromatic heterocycles. The average Bonchev–Trinajstić information content (AvgIpc) is 2.60. The van der Waals surface area contributed by atoms with Gasteiger partial charge in [0.2, 0.25) is 0 Å². The molecule has 134 valence electrons. The number of hydrogen-bond donors (Lipinski definition) is 0. The van der Waals surface area contributed by atoms with Crippen LogP contribution in [0.15, 0.2) is 22.2 Å². The Labute approximate surface area is 161 Å². The van der Waals surface area contributed by atoms with Crippen LogP contribution in [0.2, 0.25) is 0 Å². The molecule has 0 unspecified atom stereocenters. The molecule has 0 radical (unpaired) electrons. The fraction of sp³-hybridized carbons (Fsp3) is 0.333. The van der Waals surface area contributed by atoms with E-state index in [0.29, 0.717) is 34.4 Å². The number of aryl methyl sites for hydroxylation is 2. The van der Waals surface area contributed by atoms with Gasteiger partial charge in [-0.25, -0.2) is 9.97 Å². The molecule has 26 heavy (non-hydrogen) atoms. The van der Waals surface area contributed by atoms with Crippen LogP contribution in [0.25, 0.3) is 0 Å². The van der Waals surface area contributed by atoms with Crippen LogP contribution in [0.4, 0.5) is 0 Å². The Hall–Kier alpha value is -2.10. The fourth-order valence-electron chi connectivity index (χ4n) is 2.40. The van der Waals surface area contributed by atoms with Crippen molar-refractivity contribution in [2.45, 2.75) is 37.1 Å². The van der Waals surface area contributed by atoms with Crippen molar-refractivity contribution in [3.05, 3.63) is 45.8 Å². The zero-order valence-corrected chi connectivity index (χ0v) is 16.6. The summed E-state index contributed by atoms with van der Waals surface area (Å²) < 4.78 is 10.3. The summed E-state index contributed by atoms with van der Waals surface area (Å²) in [6.07, 6.45) is 0. The van der Waals surface area contributed by atoms with E-state index in [0.717, 1.165) is 22.5 Å². The highest BCUT2D eigenvalue weighted by atomic mass is 33.1. The van der Waals surface area contributed by atoms with Gasteiger partial charge in [0.05, 0.1) is 24.3 Å². The molecule has 8 heteroatoms. The second kappa shape index (κ2) is 9.56. The minimum atomic E-state index is 0.342. The van der Waals surface area contributed by atoms with Gasteiger partial charge in [-0.15, -0.1) is 0 Å². The first-order valence-corrected chi connectivity index (χ1v) is 9.82. The van der Waals surface area contributed by atoms with Crippen LogP contribution >= 0.6 is 21.6 Å². The van der Waals surface area contributed by atoms with Gasteiger partial charge < -0.3 is 9.47 Å². The number of hydrogen-bond acceptors (Lipinski definition) is 8. The zero-order chi connectivity index (χ0) is 19.1. The summed E-state index contributed by atoms with van der Waals surface area (Å²) in [5.74, 6) is 0. The number of nitrogens with zero attached hydrogens (tertiary/aromatic N) is 4. The third-order valence-corrected chi connectivity index (χ3v) is 5.60. The smallest absolute Gasteiger partial charge is 0.125 e. The lowest BCUT2D eigenvalue weighted by Gasteiger charge is -2.11. The van der Waals surface area contributed by atoms with E-state index in [2.05, 4.69) is 22.1 Å². The summed E-state index contributed by atoms with van der Waals surface area (Å²) >= 11 is 0. The maximum atomic E-state index is 9.52. The highest BCUT2D eigenvalue weighted by Crippen LogP contribution is 2.40. The summed E-state index contributed by atoms with van der Waals surface area (Å²) in [4.78, 5) is 8.93. The van der Waals surface area contributed by atoms with Crippen molar-refractivity contribution in [3.8, 4) is 12.1 Å². The van der Waals surface area contributed by atoms with Gasteiger partial charge >= 0.3 is 0 Å². The average molecular weight is 387 g/mol. The van der Waals surface area contributed by atoms with E-state index in [1.165, 1.54) is 21.6 Å². The predicted octanol–water partition coefficient (Wildman–Crippen LogP) is 3.93. The first-order valence-electron chi connectivity index (χ1n) is 7.67. The summed E-state index contributed by atoms with van der Waals surface area (Å²) in [7, 11) is 5.81. The third-order valence-electron chi connectivity index (χ3n) is 3.41. The topological polar surface area (TPSA) is 91.8 Å². The fourth-order valence-corrected chi connectivity index (χ4v) is 4.64. The van der Waals surface area contributed by atoms with Gasteiger partial charge in [-0.3, -0.25) is 0 Å². The molecule has 0 aliphatic carbocycles. The molecular formula is C18H18N4O2S2. The van der Waals surface area contributed by atoms with Crippen molar-refractivity contribution < 1.29 is 9.47 Å². The number of ether oxygens (including phenoxy) is 2. The first-order chi connectivity index (χ1) is 12.5. The highest BCUT2D eigenvalue weighted by Gasteiger charge is 2.16. The van der Waals surface area contributed by atoms with Crippen molar-refractivity contribution in [1.29, 1.82) is 10.5 Å². The number of nitriles is 2. The molecule has 0 bridgehead atoms. The third kappa shape index (κ3) is 4.75. The van der Waals surface area contributed by atoms with Gasteiger partial charge in [-0.2, -0.15) is 10.5 Å². The van der Waals surface area contributed by atoms with E-state index in [4.69, 9.17) is 9.47 Å². The molecule has 0 spiro atoms. The first kappa shape index (κ1) is 20.2. The van der Waals surface area contributed by atoms with E-state index in [1.807, 2.05) is 26.0 Å². The van der Waals surface area contributed by atoms with Gasteiger partial charge in [-0.05, 0) is 47.6 Å². The Morgan fingerprint density at radius 1 is 0.846 bits per heavy atom. The lowest BCUT2D eigenvalue weighted by molar-refractivity contribution is 0.184. The van der Waals surface area contributed by atoms with Crippen LogP contribution < -0.4 is 0 Å². The lowest BCUT2D eigenvalue weighted by Crippen LogP contribution is -2.00. The van der Waals surface area contributed by atoms with Crippen LogP contribution in [0.3, 0.4) is 0 Å². The van der Waals surface area contributed by atoms with Gasteiger partial charge in [0, 0.05) is 36.7 Å². The highest BCUT2D eigenvalue weighted by molar-refractivity contribution is 8.76. The number of methoxy groups -OCH3 is 2.